The number of nitrogens with one attached hydrogen (secondary N) is 1. The lowest BCUT2D eigenvalue weighted by Crippen LogP contribution is -2.53. The molecule has 1 amide bonds. The molecule has 0 aromatic heterocycles. The first-order valence-corrected chi connectivity index (χ1v) is 6.00. The summed E-state index contributed by atoms with van der Waals surface area (Å²) in [5.74, 6) is 0.653. The van der Waals surface area contributed by atoms with E-state index in [2.05, 4.69) is 19.2 Å². The van der Waals surface area contributed by atoms with Crippen LogP contribution < -0.4 is 11.1 Å². The Kier molecular flexibility index (Phi) is 6.34. The minimum Gasteiger partial charge on any atom is -0.356 e. The van der Waals surface area contributed by atoms with Gasteiger partial charge in [0, 0.05) is 12.1 Å². The van der Waals surface area contributed by atoms with Crippen LogP contribution in [0.1, 0.15) is 46.5 Å². The van der Waals surface area contributed by atoms with Gasteiger partial charge in [-0.15, -0.1) is 12.4 Å². The molecule has 0 aromatic carbocycles. The topological polar surface area (TPSA) is 55.1 Å². The first kappa shape index (κ1) is 15.7. The molecule has 3 nitrogen and oxygen atoms in total. The van der Waals surface area contributed by atoms with Gasteiger partial charge in [-0.25, -0.2) is 0 Å². The summed E-state index contributed by atoms with van der Waals surface area (Å²) >= 11 is 0. The van der Waals surface area contributed by atoms with E-state index in [9.17, 15) is 4.79 Å². The van der Waals surface area contributed by atoms with Crippen LogP contribution in [0.3, 0.4) is 0 Å². The summed E-state index contributed by atoms with van der Waals surface area (Å²) in [5.41, 5.74) is 5.86. The maximum atomic E-state index is 11.9. The predicted octanol–water partition coefficient (Wildman–Crippen LogP) is 2.09. The highest BCUT2D eigenvalue weighted by Crippen LogP contribution is 2.31. The fraction of sp³-hybridized carbons (Fsp3) is 0.917. The number of carbonyl (C=O) groups is 1. The number of carbonyl (C=O) groups excluding carboxylic acids is 1. The molecule has 0 aromatic rings. The van der Waals surface area contributed by atoms with E-state index < -0.39 is 0 Å². The van der Waals surface area contributed by atoms with Crippen LogP contribution in [0, 0.1) is 11.8 Å². The van der Waals surface area contributed by atoms with Crippen molar-refractivity contribution in [2.45, 2.75) is 52.0 Å². The molecule has 16 heavy (non-hydrogen) atoms. The Morgan fingerprint density at radius 2 is 2.12 bits per heavy atom. The minimum absolute atomic E-state index is 0. The second-order valence-electron chi connectivity index (χ2n) is 5.44. The Labute approximate surface area is 105 Å². The third kappa shape index (κ3) is 4.30. The van der Waals surface area contributed by atoms with Crippen LogP contribution in [0.15, 0.2) is 0 Å². The lowest BCUT2D eigenvalue weighted by Gasteiger charge is -2.37. The van der Waals surface area contributed by atoms with Crippen molar-refractivity contribution in [1.82, 2.24) is 5.32 Å². The summed E-state index contributed by atoms with van der Waals surface area (Å²) in [6.45, 7) is 6.96. The first-order valence-electron chi connectivity index (χ1n) is 6.00. The number of nitrogens with two attached hydrogens (primary N) is 1. The van der Waals surface area contributed by atoms with Gasteiger partial charge in [0.1, 0.15) is 0 Å². The van der Waals surface area contributed by atoms with Gasteiger partial charge in [-0.1, -0.05) is 26.7 Å². The van der Waals surface area contributed by atoms with E-state index in [-0.39, 0.29) is 29.8 Å². The van der Waals surface area contributed by atoms with Crippen molar-refractivity contribution in [3.05, 3.63) is 0 Å². The summed E-state index contributed by atoms with van der Waals surface area (Å²) in [5, 5.41) is 2.99. The average Bonchev–Trinajstić information content (AvgIpc) is 2.13. The molecule has 2 unspecified atom stereocenters. The number of hydrogen-bond acceptors (Lipinski definition) is 2. The Morgan fingerprint density at radius 3 is 2.62 bits per heavy atom. The van der Waals surface area contributed by atoms with E-state index in [0.29, 0.717) is 5.92 Å². The highest BCUT2D eigenvalue weighted by molar-refractivity contribution is 5.85. The number of amides is 1. The van der Waals surface area contributed by atoms with Gasteiger partial charge in [0.05, 0.1) is 5.92 Å². The van der Waals surface area contributed by atoms with E-state index in [1.807, 2.05) is 6.92 Å². The van der Waals surface area contributed by atoms with Gasteiger partial charge in [-0.2, -0.15) is 0 Å². The molecular weight excluding hydrogens is 224 g/mol. The molecular formula is C12H25ClN2O. The second-order valence-corrected chi connectivity index (χ2v) is 5.44. The molecule has 1 saturated carbocycles. The smallest absolute Gasteiger partial charge is 0.224 e. The van der Waals surface area contributed by atoms with Gasteiger partial charge < -0.3 is 11.1 Å². The Hall–Kier alpha value is -0.280. The molecule has 3 N–H and O–H groups in total. The van der Waals surface area contributed by atoms with Crippen molar-refractivity contribution in [1.29, 1.82) is 0 Å². The number of halogens is 1. The van der Waals surface area contributed by atoms with Crippen LogP contribution in [0.25, 0.3) is 0 Å². The van der Waals surface area contributed by atoms with Crippen molar-refractivity contribution in [3.63, 3.8) is 0 Å². The van der Waals surface area contributed by atoms with Gasteiger partial charge in [0.2, 0.25) is 5.91 Å². The minimum atomic E-state index is -0.306. The van der Waals surface area contributed by atoms with Crippen LogP contribution >= 0.6 is 12.4 Å². The SMILES string of the molecule is CC(C)CNC(=O)C1CCCCC1(C)N.Cl. The van der Waals surface area contributed by atoms with Gasteiger partial charge in [-0.3, -0.25) is 4.79 Å². The molecule has 0 aliphatic heterocycles. The molecule has 2 atom stereocenters. The zero-order chi connectivity index (χ0) is 11.5. The Balaban J connectivity index is 0.00000225. The normalized spacial score (nSPS) is 29.7. The molecule has 0 spiro atoms. The van der Waals surface area contributed by atoms with Gasteiger partial charge in [0.25, 0.3) is 0 Å². The van der Waals surface area contributed by atoms with Crippen LogP contribution in [0.2, 0.25) is 0 Å². The fourth-order valence-corrected chi connectivity index (χ4v) is 2.22. The molecule has 0 radical (unpaired) electrons. The molecule has 4 heteroatoms. The second kappa shape index (κ2) is 6.45. The van der Waals surface area contributed by atoms with Gasteiger partial charge >= 0.3 is 0 Å². The molecule has 96 valence electrons. The monoisotopic (exact) mass is 248 g/mol. The summed E-state index contributed by atoms with van der Waals surface area (Å²) in [4.78, 5) is 11.9. The number of rotatable bonds is 3. The average molecular weight is 249 g/mol. The van der Waals surface area contributed by atoms with Crippen LogP contribution in [-0.2, 0) is 4.79 Å². The van der Waals surface area contributed by atoms with E-state index in [1.54, 1.807) is 0 Å². The third-order valence-corrected chi connectivity index (χ3v) is 3.26. The molecule has 1 aliphatic carbocycles. The van der Waals surface area contributed by atoms with E-state index in [4.69, 9.17) is 5.73 Å². The highest BCUT2D eigenvalue weighted by atomic mass is 35.5. The summed E-state index contributed by atoms with van der Waals surface area (Å²) < 4.78 is 0. The molecule has 1 fully saturated rings. The van der Waals surface area contributed by atoms with Gasteiger partial charge in [0.15, 0.2) is 0 Å². The summed E-state index contributed by atoms with van der Waals surface area (Å²) in [6, 6.07) is 0. The van der Waals surface area contributed by atoms with Crippen LogP contribution in [0.5, 0.6) is 0 Å². The lowest BCUT2D eigenvalue weighted by molar-refractivity contribution is -0.128. The molecule has 0 saturated heterocycles. The fourth-order valence-electron chi connectivity index (χ4n) is 2.22. The quantitative estimate of drug-likeness (QED) is 0.804. The van der Waals surface area contributed by atoms with Gasteiger partial charge in [-0.05, 0) is 25.7 Å². The van der Waals surface area contributed by atoms with Crippen molar-refractivity contribution in [3.8, 4) is 0 Å². The van der Waals surface area contributed by atoms with Crippen molar-refractivity contribution < 1.29 is 4.79 Å². The van der Waals surface area contributed by atoms with E-state index in [0.717, 1.165) is 32.2 Å². The summed E-state index contributed by atoms with van der Waals surface area (Å²) in [7, 11) is 0. The summed E-state index contributed by atoms with van der Waals surface area (Å²) in [6.07, 6.45) is 4.19. The van der Waals surface area contributed by atoms with E-state index >= 15 is 0 Å². The van der Waals surface area contributed by atoms with Crippen molar-refractivity contribution >= 4 is 18.3 Å². The van der Waals surface area contributed by atoms with Crippen LogP contribution in [0.4, 0.5) is 0 Å². The maximum absolute atomic E-state index is 11.9. The molecule has 0 heterocycles. The van der Waals surface area contributed by atoms with Crippen molar-refractivity contribution in [2.75, 3.05) is 6.54 Å². The first-order chi connectivity index (χ1) is 6.93. The number of hydrogen-bond donors (Lipinski definition) is 2. The zero-order valence-corrected chi connectivity index (χ0v) is 11.4. The molecule has 0 bridgehead atoms. The lowest BCUT2D eigenvalue weighted by atomic mass is 9.74. The maximum Gasteiger partial charge on any atom is 0.224 e. The highest BCUT2D eigenvalue weighted by Gasteiger charge is 2.37. The van der Waals surface area contributed by atoms with E-state index in [1.165, 1.54) is 0 Å². The van der Waals surface area contributed by atoms with Crippen molar-refractivity contribution in [2.24, 2.45) is 17.6 Å². The third-order valence-electron chi connectivity index (χ3n) is 3.26. The largest absolute Gasteiger partial charge is 0.356 e. The Bertz CT molecular complexity index is 229. The predicted molar refractivity (Wildman–Crippen MR) is 69.6 cm³/mol. The standard InChI is InChI=1S/C12H24N2O.ClH/c1-9(2)8-14-11(15)10-6-4-5-7-12(10,3)13;/h9-10H,4-8,13H2,1-3H3,(H,14,15);1H. The van der Waals surface area contributed by atoms with Crippen LogP contribution in [-0.4, -0.2) is 18.0 Å². The zero-order valence-electron chi connectivity index (χ0n) is 10.6. The molecule has 1 rings (SSSR count). The Morgan fingerprint density at radius 1 is 1.50 bits per heavy atom. The molecule has 1 aliphatic rings.